The van der Waals surface area contributed by atoms with Crippen LogP contribution in [0.4, 0.5) is 23.4 Å². The monoisotopic (exact) mass is 608 g/mol. The summed E-state index contributed by atoms with van der Waals surface area (Å²) in [5, 5.41) is 1.39. The lowest BCUT2D eigenvalue weighted by Gasteiger charge is -2.29. The molecule has 0 fully saturated rings. The Hall–Kier alpha value is -3.71. The number of anilines is 1. The fourth-order valence-corrected chi connectivity index (χ4v) is 5.59. The molecule has 4 rings (SSSR count). The van der Waals surface area contributed by atoms with E-state index in [2.05, 4.69) is 15.3 Å². The molecule has 0 bridgehead atoms. The van der Waals surface area contributed by atoms with Crippen LogP contribution < -0.4 is 15.8 Å². The van der Waals surface area contributed by atoms with Crippen LogP contribution in [0.5, 0.6) is 5.75 Å². The van der Waals surface area contributed by atoms with Crippen molar-refractivity contribution in [2.24, 2.45) is 0 Å². The van der Waals surface area contributed by atoms with Crippen molar-refractivity contribution in [1.29, 1.82) is 0 Å². The fraction of sp³-hybridized carbons (Fsp3) is 0.333. The van der Waals surface area contributed by atoms with Crippen molar-refractivity contribution in [3.05, 3.63) is 81.5 Å². The summed E-state index contributed by atoms with van der Waals surface area (Å²) in [5.74, 6) is -1.10. The quantitative estimate of drug-likeness (QED) is 0.232. The van der Waals surface area contributed by atoms with Crippen molar-refractivity contribution < 1.29 is 27.1 Å². The predicted molar refractivity (Wildman–Crippen MR) is 151 cm³/mol. The molecule has 0 radical (unpaired) electrons. The van der Waals surface area contributed by atoms with Crippen LogP contribution in [0.1, 0.15) is 72.4 Å². The van der Waals surface area contributed by atoms with Crippen LogP contribution in [0.3, 0.4) is 0 Å². The number of hydrogen-bond acceptors (Lipinski definition) is 6. The molecule has 1 amide bonds. The van der Waals surface area contributed by atoms with Gasteiger partial charge in [0.15, 0.2) is 5.82 Å². The molecule has 41 heavy (non-hydrogen) atoms. The van der Waals surface area contributed by atoms with Crippen molar-refractivity contribution in [3.63, 3.8) is 0 Å². The topological polar surface area (TPSA) is 107 Å². The van der Waals surface area contributed by atoms with E-state index in [9.17, 15) is 18.0 Å². The van der Waals surface area contributed by atoms with Gasteiger partial charge in [0.2, 0.25) is 0 Å². The van der Waals surface area contributed by atoms with Crippen molar-refractivity contribution >= 4 is 39.1 Å². The maximum Gasteiger partial charge on any atom is 0.433 e. The van der Waals surface area contributed by atoms with Crippen LogP contribution >= 0.6 is 11.6 Å². The van der Waals surface area contributed by atoms with Crippen LogP contribution in [-0.4, -0.2) is 41.6 Å². The molecule has 2 atom stereocenters. The SMILES string of the molecule is Cc1nc([C@@](C)([SiH3])c2cc(Cl)c(F)c(C(=O)N[C@H](C)c3ccnc(C(F)(F)F)c3)c2OC(C)C)n2ccnc(N)c12. The highest BCUT2D eigenvalue weighted by Gasteiger charge is 2.37. The molecule has 0 saturated heterocycles. The molecule has 0 saturated carbocycles. The number of carbonyl (C=O) groups excluding carboxylic acids is 1. The van der Waals surface area contributed by atoms with Gasteiger partial charge >= 0.3 is 6.18 Å². The molecule has 14 heteroatoms. The van der Waals surface area contributed by atoms with Crippen LogP contribution in [0.15, 0.2) is 36.8 Å². The second-order valence-electron chi connectivity index (χ2n) is 10.4. The second-order valence-corrected chi connectivity index (χ2v) is 12.8. The third-order valence-electron chi connectivity index (χ3n) is 6.66. The summed E-state index contributed by atoms with van der Waals surface area (Å²) < 4.78 is 63.1. The van der Waals surface area contributed by atoms with Crippen LogP contribution in [0.2, 0.25) is 5.02 Å². The minimum Gasteiger partial charge on any atom is -0.490 e. The number of halogens is 5. The maximum atomic E-state index is 15.7. The summed E-state index contributed by atoms with van der Waals surface area (Å²) in [6.45, 7) is 8.60. The third kappa shape index (κ3) is 5.73. The Morgan fingerprint density at radius 3 is 2.51 bits per heavy atom. The number of nitrogen functional groups attached to an aromatic ring is 1. The average molecular weight is 609 g/mol. The lowest BCUT2D eigenvalue weighted by Crippen LogP contribution is -2.32. The van der Waals surface area contributed by atoms with Gasteiger partial charge in [0.05, 0.1) is 22.9 Å². The lowest BCUT2D eigenvalue weighted by molar-refractivity contribution is -0.141. The zero-order chi connectivity index (χ0) is 30.4. The van der Waals surface area contributed by atoms with Crippen LogP contribution in [0.25, 0.3) is 5.52 Å². The number of imidazole rings is 1. The van der Waals surface area contributed by atoms with E-state index in [0.29, 0.717) is 32.8 Å². The molecule has 3 heterocycles. The van der Waals surface area contributed by atoms with Gasteiger partial charge in [-0.2, -0.15) is 13.2 Å². The number of amides is 1. The Balaban J connectivity index is 1.85. The molecule has 0 spiro atoms. The Labute approximate surface area is 241 Å². The highest BCUT2D eigenvalue weighted by atomic mass is 35.5. The summed E-state index contributed by atoms with van der Waals surface area (Å²) in [4.78, 5) is 25.8. The Morgan fingerprint density at radius 1 is 1.20 bits per heavy atom. The Bertz CT molecular complexity index is 1640. The standard InChI is InChI=1S/C27H29ClF4N6O2Si/c1-12(2)40-22-16(26(5,41)25-37-14(4)21-23(33)35-8-9-38(21)25)11-17(28)20(29)19(22)24(39)36-13(3)15-6-7-34-18(10-15)27(30,31)32/h6-13H,1-5,41H3,(H2,33,35)(H,36,39)/t13-,26+/m1/s1. The maximum absolute atomic E-state index is 15.7. The minimum absolute atomic E-state index is 0.0359. The molecule has 0 aliphatic carbocycles. The van der Waals surface area contributed by atoms with Crippen molar-refractivity contribution in [1.82, 2.24) is 24.7 Å². The molecule has 1 aromatic carbocycles. The van der Waals surface area contributed by atoms with Gasteiger partial charge in [-0.25, -0.2) is 14.4 Å². The number of nitrogens with zero attached hydrogens (tertiary/aromatic N) is 4. The molecule has 0 unspecified atom stereocenters. The molecule has 3 N–H and O–H groups in total. The number of nitrogens with one attached hydrogen (secondary N) is 1. The Morgan fingerprint density at radius 2 is 1.88 bits per heavy atom. The van der Waals surface area contributed by atoms with Crippen molar-refractivity contribution in [2.75, 3.05) is 5.73 Å². The molecule has 3 aromatic heterocycles. The molecule has 218 valence electrons. The molecule has 0 aliphatic rings. The zero-order valence-electron chi connectivity index (χ0n) is 23.2. The summed E-state index contributed by atoms with van der Waals surface area (Å²) >= 11 is 6.35. The average Bonchev–Trinajstić information content (AvgIpc) is 3.23. The van der Waals surface area contributed by atoms with Gasteiger partial charge < -0.3 is 15.8 Å². The molecule has 4 aromatic rings. The largest absolute Gasteiger partial charge is 0.490 e. The number of hydrogen-bond donors (Lipinski definition) is 2. The van der Waals surface area contributed by atoms with E-state index in [4.69, 9.17) is 27.1 Å². The minimum atomic E-state index is -4.67. The highest BCUT2D eigenvalue weighted by Crippen LogP contribution is 2.42. The van der Waals surface area contributed by atoms with E-state index < -0.39 is 46.3 Å². The number of rotatable bonds is 7. The normalized spacial score (nSPS) is 14.3. The van der Waals surface area contributed by atoms with Crippen LogP contribution in [-0.2, 0) is 11.2 Å². The summed E-state index contributed by atoms with van der Waals surface area (Å²) in [6, 6.07) is 2.65. The number of aryl methyl sites for hydroxylation is 1. The van der Waals surface area contributed by atoms with Crippen molar-refractivity contribution in [2.45, 2.75) is 58.0 Å². The van der Waals surface area contributed by atoms with Gasteiger partial charge in [0, 0.05) is 39.4 Å². The van der Waals surface area contributed by atoms with Gasteiger partial charge in [0.25, 0.3) is 5.91 Å². The first kappa shape index (κ1) is 30.3. The predicted octanol–water partition coefficient (Wildman–Crippen LogP) is 4.73. The summed E-state index contributed by atoms with van der Waals surface area (Å²) in [7, 11) is 0.415. The van der Waals surface area contributed by atoms with E-state index in [1.54, 1.807) is 31.4 Å². The number of fused-ring (bicyclic) bond motifs is 1. The molecular formula is C27H29ClF4N6O2Si. The fourth-order valence-electron chi connectivity index (χ4n) is 4.66. The highest BCUT2D eigenvalue weighted by molar-refractivity contribution is 6.31. The smallest absolute Gasteiger partial charge is 0.433 e. The second kappa shape index (κ2) is 10.9. The van der Waals surface area contributed by atoms with E-state index in [1.807, 2.05) is 6.92 Å². The Kier molecular flexibility index (Phi) is 8.07. The number of alkyl halides is 3. The number of benzene rings is 1. The first-order valence-corrected chi connectivity index (χ1v) is 14.0. The molecule has 8 nitrogen and oxygen atoms in total. The molecule has 0 aliphatic heterocycles. The first-order valence-electron chi connectivity index (χ1n) is 12.7. The van der Waals surface area contributed by atoms with Crippen molar-refractivity contribution in [3.8, 4) is 5.75 Å². The number of nitrogens with two attached hydrogens (primary N) is 1. The van der Waals surface area contributed by atoms with E-state index in [0.717, 1.165) is 12.3 Å². The van der Waals surface area contributed by atoms with Gasteiger partial charge in [-0.15, -0.1) is 0 Å². The lowest BCUT2D eigenvalue weighted by atomic mass is 9.94. The number of carbonyl (C=O) groups is 1. The van der Waals surface area contributed by atoms with E-state index >= 15 is 4.39 Å². The van der Waals surface area contributed by atoms with E-state index in [1.165, 1.54) is 25.3 Å². The van der Waals surface area contributed by atoms with E-state index in [-0.39, 0.29) is 22.2 Å². The first-order chi connectivity index (χ1) is 19.0. The molecular weight excluding hydrogens is 580 g/mol. The van der Waals surface area contributed by atoms with Gasteiger partial charge in [-0.3, -0.25) is 14.2 Å². The number of pyridine rings is 1. The number of aromatic nitrogens is 4. The summed E-state index contributed by atoms with van der Waals surface area (Å²) in [6.07, 6.45) is -0.887. The van der Waals surface area contributed by atoms with Gasteiger partial charge in [0.1, 0.15) is 34.2 Å². The number of ether oxygens (including phenoxy) is 1. The zero-order valence-corrected chi connectivity index (χ0v) is 25.9. The van der Waals surface area contributed by atoms with Gasteiger partial charge in [-0.05, 0) is 51.5 Å². The van der Waals surface area contributed by atoms with Gasteiger partial charge in [-0.1, -0.05) is 18.5 Å². The third-order valence-corrected chi connectivity index (χ3v) is 7.93. The summed E-state index contributed by atoms with van der Waals surface area (Å²) in [5.41, 5.74) is 6.35. The van der Waals surface area contributed by atoms with Crippen LogP contribution in [0, 0.1) is 12.7 Å².